The Morgan fingerprint density at radius 2 is 1.96 bits per heavy atom. The predicted molar refractivity (Wildman–Crippen MR) is 95.5 cm³/mol. The van der Waals surface area contributed by atoms with Crippen molar-refractivity contribution in [3.05, 3.63) is 28.8 Å². The minimum atomic E-state index is -4.52. The van der Waals surface area contributed by atoms with Crippen molar-refractivity contribution >= 4 is 29.2 Å². The fourth-order valence-corrected chi connectivity index (χ4v) is 3.15. The van der Waals surface area contributed by atoms with Crippen LogP contribution in [0.1, 0.15) is 32.3 Å². The molecule has 0 radical (unpaired) electrons. The first-order chi connectivity index (χ1) is 12.6. The van der Waals surface area contributed by atoms with Crippen molar-refractivity contribution < 1.29 is 27.5 Å². The number of carbonyl (C=O) groups is 2. The van der Waals surface area contributed by atoms with Crippen molar-refractivity contribution in [2.24, 2.45) is 5.92 Å². The first-order valence-electron chi connectivity index (χ1n) is 8.71. The molecule has 0 unspecified atom stereocenters. The highest BCUT2D eigenvalue weighted by atomic mass is 35.5. The molecule has 1 aliphatic rings. The summed E-state index contributed by atoms with van der Waals surface area (Å²) < 4.78 is 43.5. The third-order valence-electron chi connectivity index (χ3n) is 4.63. The van der Waals surface area contributed by atoms with E-state index < -0.39 is 23.7 Å². The van der Waals surface area contributed by atoms with Gasteiger partial charge in [-0.2, -0.15) is 13.2 Å². The van der Waals surface area contributed by atoms with Gasteiger partial charge in [-0.05, 0) is 58.0 Å². The quantitative estimate of drug-likeness (QED) is 0.752. The van der Waals surface area contributed by atoms with Crippen LogP contribution in [0.15, 0.2) is 18.2 Å². The second kappa shape index (κ2) is 8.93. The Morgan fingerprint density at radius 1 is 1.33 bits per heavy atom. The summed E-state index contributed by atoms with van der Waals surface area (Å²) in [5, 5.41) is 2.50. The van der Waals surface area contributed by atoms with Gasteiger partial charge in [0.2, 0.25) is 5.91 Å². The lowest BCUT2D eigenvalue weighted by Crippen LogP contribution is -2.47. The van der Waals surface area contributed by atoms with Gasteiger partial charge in [0.05, 0.1) is 34.8 Å². The maximum atomic E-state index is 12.8. The highest BCUT2D eigenvalue weighted by Crippen LogP contribution is 2.34. The zero-order chi connectivity index (χ0) is 20.2. The first-order valence-corrected chi connectivity index (χ1v) is 9.09. The van der Waals surface area contributed by atoms with Crippen molar-refractivity contribution in [1.29, 1.82) is 0 Å². The summed E-state index contributed by atoms with van der Waals surface area (Å²) in [5.41, 5.74) is -0.963. The number of likely N-dealkylation sites (tertiary alicyclic amines) is 1. The number of nitrogens with one attached hydrogen (secondary N) is 1. The number of esters is 1. The number of piperidine rings is 1. The molecule has 0 aromatic heterocycles. The Labute approximate surface area is 160 Å². The molecule has 0 aliphatic carbocycles. The fourth-order valence-electron chi connectivity index (χ4n) is 2.98. The molecule has 0 saturated carbocycles. The van der Waals surface area contributed by atoms with E-state index in [9.17, 15) is 22.8 Å². The topological polar surface area (TPSA) is 58.6 Å². The molecule has 1 fully saturated rings. The van der Waals surface area contributed by atoms with E-state index in [0.29, 0.717) is 32.5 Å². The molecule has 1 heterocycles. The van der Waals surface area contributed by atoms with Crippen LogP contribution in [0.4, 0.5) is 18.9 Å². The van der Waals surface area contributed by atoms with E-state index in [1.54, 1.807) is 13.8 Å². The number of benzene rings is 1. The van der Waals surface area contributed by atoms with Gasteiger partial charge in [0, 0.05) is 0 Å². The number of anilines is 1. The van der Waals surface area contributed by atoms with Crippen LogP contribution in [-0.4, -0.2) is 42.5 Å². The summed E-state index contributed by atoms with van der Waals surface area (Å²) in [6, 6.07) is 2.22. The largest absolute Gasteiger partial charge is 0.466 e. The lowest BCUT2D eigenvalue weighted by Gasteiger charge is -2.34. The molecule has 1 aromatic rings. The number of nitrogens with zero attached hydrogens (tertiary/aromatic N) is 1. The zero-order valence-electron chi connectivity index (χ0n) is 15.1. The highest BCUT2D eigenvalue weighted by molar-refractivity contribution is 6.33. The maximum Gasteiger partial charge on any atom is 0.416 e. The number of carbonyl (C=O) groups excluding carboxylic acids is 2. The van der Waals surface area contributed by atoms with E-state index >= 15 is 0 Å². The van der Waals surface area contributed by atoms with Crippen LogP contribution < -0.4 is 5.32 Å². The normalized spacial score (nSPS) is 17.4. The lowest BCUT2D eigenvalue weighted by molar-refractivity contribution is -0.149. The van der Waals surface area contributed by atoms with Crippen molar-refractivity contribution in [2.45, 2.75) is 38.9 Å². The number of hydrogen-bond acceptors (Lipinski definition) is 4. The molecule has 1 aromatic carbocycles. The van der Waals surface area contributed by atoms with Crippen LogP contribution in [0.2, 0.25) is 5.02 Å². The van der Waals surface area contributed by atoms with Gasteiger partial charge >= 0.3 is 12.1 Å². The third-order valence-corrected chi connectivity index (χ3v) is 4.96. The van der Waals surface area contributed by atoms with E-state index in [1.165, 1.54) is 0 Å². The van der Waals surface area contributed by atoms with Crippen molar-refractivity contribution in [1.82, 2.24) is 4.90 Å². The van der Waals surface area contributed by atoms with Crippen LogP contribution in [0.3, 0.4) is 0 Å². The van der Waals surface area contributed by atoms with Crippen LogP contribution in [0.25, 0.3) is 0 Å². The molecule has 0 spiro atoms. The van der Waals surface area contributed by atoms with E-state index in [1.807, 2.05) is 4.90 Å². The highest BCUT2D eigenvalue weighted by Gasteiger charge is 2.33. The minimum Gasteiger partial charge on any atom is -0.466 e. The smallest absolute Gasteiger partial charge is 0.416 e. The monoisotopic (exact) mass is 406 g/mol. The van der Waals surface area contributed by atoms with E-state index in [-0.39, 0.29) is 22.6 Å². The van der Waals surface area contributed by atoms with Crippen LogP contribution in [0.5, 0.6) is 0 Å². The van der Waals surface area contributed by atoms with Gasteiger partial charge in [-0.25, -0.2) is 0 Å². The van der Waals surface area contributed by atoms with Crippen LogP contribution >= 0.6 is 11.6 Å². The van der Waals surface area contributed by atoms with E-state index in [0.717, 1.165) is 18.2 Å². The zero-order valence-corrected chi connectivity index (χ0v) is 15.9. The summed E-state index contributed by atoms with van der Waals surface area (Å²) in [6.45, 7) is 4.79. The second-order valence-corrected chi connectivity index (χ2v) is 6.83. The van der Waals surface area contributed by atoms with Gasteiger partial charge in [0.15, 0.2) is 0 Å². The van der Waals surface area contributed by atoms with Crippen molar-refractivity contribution in [2.75, 3.05) is 25.0 Å². The summed E-state index contributed by atoms with van der Waals surface area (Å²) in [7, 11) is 0. The molecule has 1 aliphatic heterocycles. The van der Waals surface area contributed by atoms with E-state index in [2.05, 4.69) is 5.32 Å². The van der Waals surface area contributed by atoms with Crippen LogP contribution in [-0.2, 0) is 20.5 Å². The van der Waals surface area contributed by atoms with Crippen LogP contribution in [0, 0.1) is 5.92 Å². The van der Waals surface area contributed by atoms with Gasteiger partial charge in [-0.1, -0.05) is 11.6 Å². The first kappa shape index (κ1) is 21.5. The lowest BCUT2D eigenvalue weighted by atomic mass is 9.96. The number of ether oxygens (including phenoxy) is 1. The summed E-state index contributed by atoms with van der Waals surface area (Å²) in [5.74, 6) is -0.870. The molecule has 9 heteroatoms. The Kier molecular flexibility index (Phi) is 7.11. The molecule has 150 valence electrons. The predicted octanol–water partition coefficient (Wildman–Crippen LogP) is 3.96. The van der Waals surface area contributed by atoms with E-state index in [4.69, 9.17) is 16.3 Å². The second-order valence-electron chi connectivity index (χ2n) is 6.42. The van der Waals surface area contributed by atoms with Gasteiger partial charge in [-0.15, -0.1) is 0 Å². The minimum absolute atomic E-state index is 0.0320. The molecule has 27 heavy (non-hydrogen) atoms. The van der Waals surface area contributed by atoms with Gasteiger partial charge in [-0.3, -0.25) is 14.5 Å². The Hall–Kier alpha value is -1.80. The van der Waals surface area contributed by atoms with Gasteiger partial charge < -0.3 is 10.1 Å². The number of hydrogen-bond donors (Lipinski definition) is 1. The molecule has 1 saturated heterocycles. The van der Waals surface area contributed by atoms with Gasteiger partial charge in [0.25, 0.3) is 0 Å². The Balaban J connectivity index is 1.98. The summed E-state index contributed by atoms with van der Waals surface area (Å²) in [6.07, 6.45) is -3.38. The average Bonchev–Trinajstić information content (AvgIpc) is 2.62. The number of alkyl halides is 3. The van der Waals surface area contributed by atoms with Gasteiger partial charge in [0.1, 0.15) is 0 Å². The Morgan fingerprint density at radius 3 is 2.52 bits per heavy atom. The van der Waals surface area contributed by atoms with Crippen molar-refractivity contribution in [3.63, 3.8) is 0 Å². The SMILES string of the molecule is CCOC(=O)C1CCN([C@H](C)C(=O)Nc2cc(C(F)(F)F)ccc2Cl)CC1. The summed E-state index contributed by atoms with van der Waals surface area (Å²) in [4.78, 5) is 26.1. The molecular formula is C18H22ClF3N2O3. The molecule has 1 amide bonds. The molecule has 2 rings (SSSR count). The third kappa shape index (κ3) is 5.59. The number of halogens is 4. The molecule has 1 N–H and O–H groups in total. The average molecular weight is 407 g/mol. The fraction of sp³-hybridized carbons (Fsp3) is 0.556. The molecule has 0 bridgehead atoms. The maximum absolute atomic E-state index is 12.8. The number of amides is 1. The summed E-state index contributed by atoms with van der Waals surface area (Å²) >= 11 is 5.92. The standard InChI is InChI=1S/C18H22ClF3N2O3/c1-3-27-17(26)12-6-8-24(9-7-12)11(2)16(25)23-15-10-13(18(20,21)22)4-5-14(15)19/h4-5,10-12H,3,6-9H2,1-2H3,(H,23,25)/t11-/m1/s1. The molecule has 1 atom stereocenters. The van der Waals surface area contributed by atoms with Crippen molar-refractivity contribution in [3.8, 4) is 0 Å². The number of rotatable bonds is 5. The molecule has 5 nitrogen and oxygen atoms in total. The molecular weight excluding hydrogens is 385 g/mol. The Bertz CT molecular complexity index is 689.